The summed E-state index contributed by atoms with van der Waals surface area (Å²) in [7, 11) is 5.96. The van der Waals surface area contributed by atoms with E-state index in [4.69, 9.17) is 44.4 Å². The van der Waals surface area contributed by atoms with E-state index in [0.717, 1.165) is 11.3 Å². The number of halogens is 1. The molecule has 0 atom stereocenters. The SMILES string of the molecule is C=C(c1ccc(OCCOc2c(-c3ccc(OC)c(OC)c3)oc3cc(OC)cc(OC)c3c2=O)c(Cl)c1)c1sc(=O)[nH]c1O. The predicted octanol–water partition coefficient (Wildman–Crippen LogP) is 6.12. The molecule has 0 aliphatic heterocycles. The number of aromatic nitrogens is 1. The van der Waals surface area contributed by atoms with Crippen LogP contribution in [0.5, 0.6) is 40.4 Å². The molecular formula is C32H28ClNO10S. The lowest BCUT2D eigenvalue weighted by Gasteiger charge is -2.15. The smallest absolute Gasteiger partial charge is 0.307 e. The molecule has 0 aliphatic rings. The number of thiazole rings is 1. The highest BCUT2D eigenvalue weighted by Crippen LogP contribution is 2.39. The van der Waals surface area contributed by atoms with Gasteiger partial charge in [0, 0.05) is 17.7 Å². The van der Waals surface area contributed by atoms with Crippen LogP contribution in [-0.2, 0) is 0 Å². The molecule has 0 saturated heterocycles. The average Bonchev–Trinajstić information content (AvgIpc) is 3.39. The zero-order chi connectivity index (χ0) is 32.2. The standard InChI is InChI=1S/C32H28ClNO10S/c1-16(30-31(36)34-32(37)45-30)17-6-8-21(20(33)12-17)42-10-11-43-29-27(35)26-24(41-5)14-19(38-2)15-25(26)44-28(29)18-7-9-22(39-3)23(13-18)40-4/h6-9,12-15,36H,1,10-11H2,2-5H3,(H,34,37). The molecule has 11 nitrogen and oxygen atoms in total. The van der Waals surface area contributed by atoms with Crippen LogP contribution < -0.4 is 38.7 Å². The van der Waals surface area contributed by atoms with E-state index in [2.05, 4.69) is 11.6 Å². The van der Waals surface area contributed by atoms with Crippen molar-refractivity contribution in [2.45, 2.75) is 0 Å². The Bertz CT molecular complexity index is 2010. The van der Waals surface area contributed by atoms with Crippen LogP contribution in [0.25, 0.3) is 27.9 Å². The summed E-state index contributed by atoms with van der Waals surface area (Å²) >= 11 is 7.30. The number of benzene rings is 3. The Morgan fingerprint density at radius 3 is 2.24 bits per heavy atom. The molecular weight excluding hydrogens is 626 g/mol. The number of aromatic hydroxyl groups is 1. The van der Waals surface area contributed by atoms with Gasteiger partial charge in [0.1, 0.15) is 41.4 Å². The summed E-state index contributed by atoms with van der Waals surface area (Å²) in [5, 5.41) is 10.4. The fourth-order valence-corrected chi connectivity index (χ4v) is 5.53. The molecule has 0 saturated carbocycles. The first kappa shape index (κ1) is 31.4. The average molecular weight is 654 g/mol. The van der Waals surface area contributed by atoms with Gasteiger partial charge in [-0.2, -0.15) is 0 Å². The minimum absolute atomic E-state index is 0.0167. The number of fused-ring (bicyclic) bond motifs is 1. The van der Waals surface area contributed by atoms with E-state index in [-0.39, 0.29) is 52.3 Å². The zero-order valence-electron chi connectivity index (χ0n) is 24.6. The molecule has 5 rings (SSSR count). The maximum atomic E-state index is 13.9. The monoisotopic (exact) mass is 653 g/mol. The first-order chi connectivity index (χ1) is 21.7. The highest BCUT2D eigenvalue weighted by Gasteiger charge is 2.23. The van der Waals surface area contributed by atoms with E-state index in [1.807, 2.05) is 0 Å². The quantitative estimate of drug-likeness (QED) is 0.151. The van der Waals surface area contributed by atoms with Gasteiger partial charge in [0.25, 0.3) is 0 Å². The van der Waals surface area contributed by atoms with E-state index in [0.29, 0.717) is 44.6 Å². The molecule has 2 aromatic heterocycles. The van der Waals surface area contributed by atoms with Gasteiger partial charge in [-0.15, -0.1) is 0 Å². The van der Waals surface area contributed by atoms with Crippen molar-refractivity contribution in [2.75, 3.05) is 41.7 Å². The van der Waals surface area contributed by atoms with Gasteiger partial charge in [-0.25, -0.2) is 0 Å². The van der Waals surface area contributed by atoms with Crippen LogP contribution in [0, 0.1) is 0 Å². The summed E-state index contributed by atoms with van der Waals surface area (Å²) in [5.41, 5.74) is 1.29. The minimum Gasteiger partial charge on any atom is -0.496 e. The van der Waals surface area contributed by atoms with E-state index in [1.54, 1.807) is 48.5 Å². The molecule has 0 radical (unpaired) electrons. The second-order valence-electron chi connectivity index (χ2n) is 9.37. The Hall–Kier alpha value is -5.07. The number of ether oxygens (including phenoxy) is 6. The van der Waals surface area contributed by atoms with Crippen molar-refractivity contribution in [3.05, 3.63) is 90.5 Å². The Morgan fingerprint density at radius 2 is 1.60 bits per heavy atom. The van der Waals surface area contributed by atoms with Gasteiger partial charge in [-0.3, -0.25) is 14.6 Å². The maximum absolute atomic E-state index is 13.9. The van der Waals surface area contributed by atoms with Crippen molar-refractivity contribution in [3.8, 4) is 51.7 Å². The summed E-state index contributed by atoms with van der Waals surface area (Å²) in [6, 6.07) is 13.2. The highest BCUT2D eigenvalue weighted by molar-refractivity contribution is 7.10. The number of aromatic amines is 1. The third-order valence-corrected chi connectivity index (χ3v) is 7.99. The van der Waals surface area contributed by atoms with E-state index < -0.39 is 10.3 Å². The third kappa shape index (κ3) is 6.28. The Kier molecular flexibility index (Phi) is 9.26. The van der Waals surface area contributed by atoms with Crippen LogP contribution in [0.15, 0.2) is 69.1 Å². The first-order valence-corrected chi connectivity index (χ1v) is 14.5. The summed E-state index contributed by atoms with van der Waals surface area (Å²) < 4.78 is 39.7. The van der Waals surface area contributed by atoms with Gasteiger partial charge in [0.05, 0.1) is 38.3 Å². The van der Waals surface area contributed by atoms with Gasteiger partial charge in [-0.05, 0) is 41.5 Å². The zero-order valence-corrected chi connectivity index (χ0v) is 26.2. The van der Waals surface area contributed by atoms with Crippen LogP contribution in [-0.4, -0.2) is 51.7 Å². The van der Waals surface area contributed by atoms with Gasteiger partial charge < -0.3 is 37.9 Å². The number of hydrogen-bond acceptors (Lipinski definition) is 11. The normalized spacial score (nSPS) is 10.9. The van der Waals surface area contributed by atoms with Crippen LogP contribution in [0.1, 0.15) is 10.4 Å². The lowest BCUT2D eigenvalue weighted by molar-refractivity contribution is 0.214. The van der Waals surface area contributed by atoms with E-state index in [9.17, 15) is 14.7 Å². The fraction of sp³-hybridized carbons (Fsp3) is 0.188. The number of rotatable bonds is 12. The molecule has 13 heteroatoms. The second-order valence-corrected chi connectivity index (χ2v) is 10.8. The lowest BCUT2D eigenvalue weighted by Crippen LogP contribution is -2.16. The van der Waals surface area contributed by atoms with Gasteiger partial charge >= 0.3 is 4.87 Å². The van der Waals surface area contributed by atoms with Crippen LogP contribution in [0.2, 0.25) is 5.02 Å². The maximum Gasteiger partial charge on any atom is 0.307 e. The number of methoxy groups -OCH3 is 4. The van der Waals surface area contributed by atoms with Crippen LogP contribution in [0.3, 0.4) is 0 Å². The molecule has 0 unspecified atom stereocenters. The molecule has 234 valence electrons. The molecule has 0 amide bonds. The summed E-state index contributed by atoms with van der Waals surface area (Å²) in [5.74, 6) is 1.80. The molecule has 2 N–H and O–H groups in total. The van der Waals surface area contributed by atoms with Crippen molar-refractivity contribution in [1.29, 1.82) is 0 Å². The lowest BCUT2D eigenvalue weighted by atomic mass is 10.1. The fourth-order valence-electron chi connectivity index (χ4n) is 4.58. The highest BCUT2D eigenvalue weighted by atomic mass is 35.5. The van der Waals surface area contributed by atoms with Gasteiger partial charge in [0.2, 0.25) is 17.1 Å². The minimum atomic E-state index is -0.461. The third-order valence-electron chi connectivity index (χ3n) is 6.76. The number of nitrogens with one attached hydrogen (secondary N) is 1. The van der Waals surface area contributed by atoms with Crippen LogP contribution >= 0.6 is 22.9 Å². The Morgan fingerprint density at radius 1 is 0.889 bits per heavy atom. The van der Waals surface area contributed by atoms with Crippen molar-refractivity contribution in [2.24, 2.45) is 0 Å². The molecule has 45 heavy (non-hydrogen) atoms. The van der Waals surface area contributed by atoms with Gasteiger partial charge in [0.15, 0.2) is 17.3 Å². The molecule has 0 aliphatic carbocycles. The second kappa shape index (κ2) is 13.3. The molecule has 5 aromatic rings. The molecule has 0 bridgehead atoms. The number of H-pyrrole nitrogens is 1. The van der Waals surface area contributed by atoms with E-state index >= 15 is 0 Å². The topological polar surface area (TPSA) is 139 Å². The molecule has 3 aromatic carbocycles. The van der Waals surface area contributed by atoms with Gasteiger partial charge in [-0.1, -0.05) is 35.6 Å². The van der Waals surface area contributed by atoms with Crippen molar-refractivity contribution >= 4 is 39.5 Å². The molecule has 0 fully saturated rings. The van der Waals surface area contributed by atoms with Crippen molar-refractivity contribution in [3.63, 3.8) is 0 Å². The Labute approximate surface area is 265 Å². The number of hydrogen-bond donors (Lipinski definition) is 2. The molecule has 0 spiro atoms. The summed E-state index contributed by atoms with van der Waals surface area (Å²) in [6.45, 7) is 3.92. The summed E-state index contributed by atoms with van der Waals surface area (Å²) in [6.07, 6.45) is 0. The largest absolute Gasteiger partial charge is 0.496 e. The van der Waals surface area contributed by atoms with Crippen LogP contribution in [0.4, 0.5) is 0 Å². The first-order valence-electron chi connectivity index (χ1n) is 13.3. The van der Waals surface area contributed by atoms with E-state index in [1.165, 1.54) is 28.4 Å². The summed E-state index contributed by atoms with van der Waals surface area (Å²) in [4.78, 5) is 27.7. The van der Waals surface area contributed by atoms with Crippen molar-refractivity contribution < 1.29 is 37.9 Å². The van der Waals surface area contributed by atoms with Crippen molar-refractivity contribution in [1.82, 2.24) is 4.98 Å². The predicted molar refractivity (Wildman–Crippen MR) is 171 cm³/mol. The Balaban J connectivity index is 1.43. The molecule has 2 heterocycles.